The van der Waals surface area contributed by atoms with Gasteiger partial charge in [-0.1, -0.05) is 127 Å². The van der Waals surface area contributed by atoms with E-state index < -0.39 is 0 Å². The van der Waals surface area contributed by atoms with Gasteiger partial charge in [-0.3, -0.25) is 0 Å². The molecule has 182 valence electrons. The zero-order valence-corrected chi connectivity index (χ0v) is 21.3. The van der Waals surface area contributed by atoms with Crippen molar-refractivity contribution in [3.63, 3.8) is 0 Å². The molecule has 0 aliphatic rings. The highest BCUT2D eigenvalue weighted by molar-refractivity contribution is 5.66. The zero-order chi connectivity index (χ0) is 24.0. The molecule has 4 aromatic rings. The van der Waals surface area contributed by atoms with Gasteiger partial charge in [0.1, 0.15) is 0 Å². The van der Waals surface area contributed by atoms with Gasteiger partial charge in [0.25, 0.3) is 0 Å². The van der Waals surface area contributed by atoms with E-state index in [1.807, 2.05) is 0 Å². The highest BCUT2D eigenvalue weighted by atomic mass is 35.5. The number of rotatable bonds is 11. The van der Waals surface area contributed by atoms with Gasteiger partial charge in [-0.05, 0) is 23.4 Å². The minimum Gasteiger partial charge on any atom is -1.00 e. The van der Waals surface area contributed by atoms with Gasteiger partial charge >= 0.3 is 0 Å². The number of allylic oxidation sites excluding steroid dienone is 3. The topological polar surface area (TPSA) is 6.25 Å². The molecule has 0 aliphatic carbocycles. The van der Waals surface area contributed by atoms with E-state index in [1.54, 1.807) is 0 Å². The van der Waals surface area contributed by atoms with Crippen molar-refractivity contribution in [3.05, 3.63) is 168 Å². The fraction of sp³-hybridized carbons (Fsp3) is 0.121. The van der Waals surface area contributed by atoms with Crippen LogP contribution in [-0.2, 0) is 26.2 Å². The van der Waals surface area contributed by atoms with Crippen LogP contribution in [0.15, 0.2) is 146 Å². The molecule has 2 nitrogen and oxygen atoms in total. The number of halogens is 1. The van der Waals surface area contributed by atoms with Crippen LogP contribution in [0.4, 0.5) is 0 Å². The van der Waals surface area contributed by atoms with Gasteiger partial charge in [0.05, 0.1) is 0 Å². The van der Waals surface area contributed by atoms with Gasteiger partial charge in [0, 0.05) is 30.3 Å². The second kappa shape index (κ2) is 15.2. The molecule has 3 heteroatoms. The van der Waals surface area contributed by atoms with Gasteiger partial charge in [-0.25, -0.2) is 4.58 Å². The highest BCUT2D eigenvalue weighted by Gasteiger charge is 2.06. The maximum absolute atomic E-state index is 2.35. The number of benzene rings is 4. The van der Waals surface area contributed by atoms with E-state index in [-0.39, 0.29) is 12.4 Å². The van der Waals surface area contributed by atoms with E-state index >= 15 is 0 Å². The summed E-state index contributed by atoms with van der Waals surface area (Å²) in [5.74, 6) is 0. The van der Waals surface area contributed by atoms with Crippen molar-refractivity contribution in [2.75, 3.05) is 0 Å². The van der Waals surface area contributed by atoms with E-state index in [2.05, 4.69) is 161 Å². The van der Waals surface area contributed by atoms with Gasteiger partial charge in [-0.2, -0.15) is 0 Å². The van der Waals surface area contributed by atoms with Crippen LogP contribution in [0.2, 0.25) is 0 Å². The second-order valence-corrected chi connectivity index (χ2v) is 8.63. The third-order valence-corrected chi connectivity index (χ3v) is 5.73. The van der Waals surface area contributed by atoms with Crippen molar-refractivity contribution < 1.29 is 17.0 Å². The molecule has 0 spiro atoms. The lowest BCUT2D eigenvalue weighted by atomic mass is 10.2. The van der Waals surface area contributed by atoms with E-state index in [0.717, 1.165) is 26.2 Å². The Hall–Kier alpha value is -3.88. The normalized spacial score (nSPS) is 10.8. The molecule has 0 atom stereocenters. The third-order valence-electron chi connectivity index (χ3n) is 5.73. The molecule has 0 fully saturated rings. The van der Waals surface area contributed by atoms with E-state index in [4.69, 9.17) is 0 Å². The molecule has 0 saturated carbocycles. The van der Waals surface area contributed by atoms with Gasteiger partial charge in [0.15, 0.2) is 19.3 Å². The molecule has 0 unspecified atom stereocenters. The fourth-order valence-electron chi connectivity index (χ4n) is 4.00. The number of hydrogen-bond acceptors (Lipinski definition) is 1. The van der Waals surface area contributed by atoms with Crippen molar-refractivity contribution >= 4 is 6.21 Å². The average molecular weight is 493 g/mol. The lowest BCUT2D eigenvalue weighted by molar-refractivity contribution is -0.554. The first kappa shape index (κ1) is 26.7. The molecule has 0 saturated heterocycles. The predicted octanol–water partition coefficient (Wildman–Crippen LogP) is 4.25. The number of nitrogens with zero attached hydrogens (tertiary/aromatic N) is 2. The van der Waals surface area contributed by atoms with E-state index in [9.17, 15) is 0 Å². The summed E-state index contributed by atoms with van der Waals surface area (Å²) in [6, 6.07) is 42.5. The Morgan fingerprint density at radius 1 is 0.472 bits per heavy atom. The Labute approximate surface area is 222 Å². The zero-order valence-electron chi connectivity index (χ0n) is 20.5. The molecule has 36 heavy (non-hydrogen) atoms. The Bertz CT molecular complexity index is 1130. The molecule has 0 amide bonds. The minimum absolute atomic E-state index is 0. The highest BCUT2D eigenvalue weighted by Crippen LogP contribution is 2.11. The van der Waals surface area contributed by atoms with Crippen LogP contribution in [0.5, 0.6) is 0 Å². The summed E-state index contributed by atoms with van der Waals surface area (Å²) in [4.78, 5) is 2.35. The predicted molar refractivity (Wildman–Crippen MR) is 147 cm³/mol. The van der Waals surface area contributed by atoms with Crippen molar-refractivity contribution in [3.8, 4) is 0 Å². The molecular formula is C33H33ClN2. The Kier molecular flexibility index (Phi) is 11.3. The van der Waals surface area contributed by atoms with Crippen LogP contribution in [0, 0.1) is 0 Å². The molecule has 0 bridgehead atoms. The van der Waals surface area contributed by atoms with Crippen LogP contribution < -0.4 is 12.4 Å². The summed E-state index contributed by atoms with van der Waals surface area (Å²) in [6.45, 7) is 3.49. The summed E-state index contributed by atoms with van der Waals surface area (Å²) in [7, 11) is 0. The molecule has 0 N–H and O–H groups in total. The monoisotopic (exact) mass is 492 g/mol. The Balaban J connectivity index is 0.00000361. The average Bonchev–Trinajstić information content (AvgIpc) is 2.91. The largest absolute Gasteiger partial charge is 1.00 e. The van der Waals surface area contributed by atoms with Crippen LogP contribution in [0.3, 0.4) is 0 Å². The molecule has 0 aliphatic heterocycles. The Morgan fingerprint density at radius 2 is 0.861 bits per heavy atom. The summed E-state index contributed by atoms with van der Waals surface area (Å²) in [6.07, 6.45) is 10.7. The summed E-state index contributed by atoms with van der Waals surface area (Å²) in [5.41, 5.74) is 5.22. The van der Waals surface area contributed by atoms with Crippen LogP contribution in [-0.4, -0.2) is 15.7 Å². The first-order valence-electron chi connectivity index (χ1n) is 12.2. The molecule has 0 heterocycles. The van der Waals surface area contributed by atoms with Crippen molar-refractivity contribution in [1.82, 2.24) is 4.90 Å². The third kappa shape index (κ3) is 9.40. The van der Waals surface area contributed by atoms with Crippen molar-refractivity contribution in [2.24, 2.45) is 0 Å². The fourth-order valence-corrected chi connectivity index (χ4v) is 4.00. The maximum Gasteiger partial charge on any atom is 0.168 e. The molecule has 0 radical (unpaired) electrons. The first-order chi connectivity index (χ1) is 17.3. The number of hydrogen-bond donors (Lipinski definition) is 0. The van der Waals surface area contributed by atoms with Crippen LogP contribution in [0.25, 0.3) is 0 Å². The van der Waals surface area contributed by atoms with Crippen molar-refractivity contribution in [2.45, 2.75) is 26.2 Å². The summed E-state index contributed by atoms with van der Waals surface area (Å²) >= 11 is 0. The maximum atomic E-state index is 2.35. The quantitative estimate of drug-likeness (QED) is 0.172. The lowest BCUT2D eigenvalue weighted by Crippen LogP contribution is -3.00. The SMILES string of the molecule is C(=CC=[N+](Cc1ccccc1)Cc1ccccc1)C=CN(Cc1ccccc1)Cc1ccccc1.[Cl-]. The standard InChI is InChI=1S/C33H33N2.ClH/c1-6-16-30(17-7-1)26-34(27-31-18-8-2-9-19-31)24-14-5-15-25-35(28-32-20-10-3-11-21-32)29-33-22-12-4-13-23-33;/h1-25H,26-29H2;1H/q+1;/p-1. The summed E-state index contributed by atoms with van der Waals surface area (Å²) in [5, 5.41) is 0. The molecule has 4 aromatic carbocycles. The first-order valence-corrected chi connectivity index (χ1v) is 12.2. The van der Waals surface area contributed by atoms with Gasteiger partial charge < -0.3 is 17.3 Å². The Morgan fingerprint density at radius 3 is 1.28 bits per heavy atom. The van der Waals surface area contributed by atoms with Gasteiger partial charge in [0.2, 0.25) is 0 Å². The van der Waals surface area contributed by atoms with Gasteiger partial charge in [-0.15, -0.1) is 0 Å². The van der Waals surface area contributed by atoms with Crippen LogP contribution >= 0.6 is 0 Å². The minimum atomic E-state index is 0. The second-order valence-electron chi connectivity index (χ2n) is 8.63. The van der Waals surface area contributed by atoms with E-state index in [1.165, 1.54) is 22.3 Å². The smallest absolute Gasteiger partial charge is 0.168 e. The molecular weight excluding hydrogens is 460 g/mol. The molecule has 0 aromatic heterocycles. The van der Waals surface area contributed by atoms with Crippen molar-refractivity contribution in [1.29, 1.82) is 0 Å². The van der Waals surface area contributed by atoms with Crippen LogP contribution in [0.1, 0.15) is 22.3 Å². The summed E-state index contributed by atoms with van der Waals surface area (Å²) < 4.78 is 2.35. The molecule has 4 rings (SSSR count). The van der Waals surface area contributed by atoms with E-state index in [0.29, 0.717) is 0 Å². The lowest BCUT2D eigenvalue weighted by Gasteiger charge is -2.20.